The summed E-state index contributed by atoms with van der Waals surface area (Å²) < 4.78 is 0. The number of nitriles is 1. The Labute approximate surface area is 63.4 Å². The van der Waals surface area contributed by atoms with Gasteiger partial charge in [-0.15, -0.1) is 0 Å². The Morgan fingerprint density at radius 3 is 3.10 bits per heavy atom. The molecule has 0 aliphatic rings. The van der Waals surface area contributed by atoms with Crippen molar-refractivity contribution in [3.63, 3.8) is 0 Å². The fourth-order valence-electron chi connectivity index (χ4n) is 0.678. The van der Waals surface area contributed by atoms with Crippen LogP contribution in [0.5, 0.6) is 0 Å². The van der Waals surface area contributed by atoms with E-state index in [0.717, 1.165) is 5.56 Å². The van der Waals surface area contributed by atoms with Gasteiger partial charge in [0.05, 0.1) is 6.07 Å². The summed E-state index contributed by atoms with van der Waals surface area (Å²) in [4.78, 5) is 0. The number of hydrogen-bond acceptors (Lipinski definition) is 3. The first-order valence-corrected chi connectivity index (χ1v) is 3.86. The summed E-state index contributed by atoms with van der Waals surface area (Å²) in [5.74, 6) is 0. The Morgan fingerprint density at radius 2 is 2.60 bits per heavy atom. The predicted molar refractivity (Wildman–Crippen MR) is 39.6 cm³/mol. The molecular formula is C7H7NOS. The molecule has 1 aromatic rings. The molecule has 0 saturated carbocycles. The molecule has 0 aliphatic heterocycles. The zero-order chi connectivity index (χ0) is 7.40. The van der Waals surface area contributed by atoms with Crippen LogP contribution in [0.25, 0.3) is 0 Å². The number of nitrogens with zero attached hydrogens (tertiary/aromatic N) is 1. The van der Waals surface area contributed by atoms with Crippen LogP contribution in [-0.4, -0.2) is 11.2 Å². The lowest BCUT2D eigenvalue weighted by molar-refractivity contribution is 0.231. The Balaban J connectivity index is 2.50. The fraction of sp³-hybridized carbons (Fsp3) is 0.286. The Hall–Kier alpha value is -0.850. The molecular weight excluding hydrogens is 146 g/mol. The van der Waals surface area contributed by atoms with Crippen LogP contribution in [0.15, 0.2) is 16.8 Å². The number of aliphatic hydroxyl groups is 1. The van der Waals surface area contributed by atoms with Crippen LogP contribution in [0.1, 0.15) is 5.56 Å². The van der Waals surface area contributed by atoms with Crippen LogP contribution in [-0.2, 0) is 6.42 Å². The van der Waals surface area contributed by atoms with E-state index in [0.29, 0.717) is 6.42 Å². The molecule has 0 aliphatic carbocycles. The smallest absolute Gasteiger partial charge is 0.144 e. The zero-order valence-electron chi connectivity index (χ0n) is 5.32. The first-order valence-electron chi connectivity index (χ1n) is 2.91. The van der Waals surface area contributed by atoms with E-state index in [1.54, 1.807) is 17.4 Å². The van der Waals surface area contributed by atoms with Gasteiger partial charge in [0, 0.05) is 6.42 Å². The average molecular weight is 153 g/mol. The van der Waals surface area contributed by atoms with Gasteiger partial charge in [-0.3, -0.25) is 0 Å². The van der Waals surface area contributed by atoms with Crippen LogP contribution < -0.4 is 0 Å². The van der Waals surface area contributed by atoms with Gasteiger partial charge in [0.1, 0.15) is 6.10 Å². The Bertz CT molecular complexity index is 224. The van der Waals surface area contributed by atoms with Gasteiger partial charge in [-0.2, -0.15) is 16.6 Å². The van der Waals surface area contributed by atoms with Crippen LogP contribution >= 0.6 is 11.3 Å². The molecule has 1 heterocycles. The predicted octanol–water partition coefficient (Wildman–Crippen LogP) is 1.18. The SMILES string of the molecule is N#C[C@H](O)Cc1ccsc1. The molecule has 0 radical (unpaired) electrons. The number of rotatable bonds is 2. The van der Waals surface area contributed by atoms with Gasteiger partial charge in [0.25, 0.3) is 0 Å². The van der Waals surface area contributed by atoms with Gasteiger partial charge < -0.3 is 5.11 Å². The maximum atomic E-state index is 8.87. The monoisotopic (exact) mass is 153 g/mol. The van der Waals surface area contributed by atoms with E-state index in [4.69, 9.17) is 10.4 Å². The lowest BCUT2D eigenvalue weighted by Gasteiger charge is -1.95. The van der Waals surface area contributed by atoms with Crippen molar-refractivity contribution in [1.82, 2.24) is 0 Å². The summed E-state index contributed by atoms with van der Waals surface area (Å²) in [7, 11) is 0. The van der Waals surface area contributed by atoms with E-state index in [2.05, 4.69) is 0 Å². The third-order valence-electron chi connectivity index (χ3n) is 1.16. The van der Waals surface area contributed by atoms with Gasteiger partial charge in [-0.25, -0.2) is 0 Å². The van der Waals surface area contributed by atoms with Crippen molar-refractivity contribution in [2.24, 2.45) is 0 Å². The van der Waals surface area contributed by atoms with Gasteiger partial charge in [0.15, 0.2) is 0 Å². The summed E-state index contributed by atoms with van der Waals surface area (Å²) in [6, 6.07) is 3.67. The van der Waals surface area contributed by atoms with Crippen LogP contribution in [0, 0.1) is 11.3 Å². The molecule has 1 N–H and O–H groups in total. The zero-order valence-corrected chi connectivity index (χ0v) is 6.14. The van der Waals surface area contributed by atoms with E-state index in [1.807, 2.05) is 16.8 Å². The second-order valence-corrected chi connectivity index (χ2v) is 2.76. The number of hydrogen-bond donors (Lipinski definition) is 1. The van der Waals surface area contributed by atoms with E-state index in [9.17, 15) is 0 Å². The van der Waals surface area contributed by atoms with Crippen molar-refractivity contribution < 1.29 is 5.11 Å². The van der Waals surface area contributed by atoms with Crippen LogP contribution in [0.3, 0.4) is 0 Å². The average Bonchev–Trinajstić information content (AvgIpc) is 2.40. The van der Waals surface area contributed by atoms with E-state index in [-0.39, 0.29) is 0 Å². The van der Waals surface area contributed by atoms with E-state index < -0.39 is 6.10 Å². The van der Waals surface area contributed by atoms with Crippen molar-refractivity contribution in [2.45, 2.75) is 12.5 Å². The molecule has 0 unspecified atom stereocenters. The summed E-state index contributed by atoms with van der Waals surface area (Å²) in [5, 5.41) is 21.0. The first-order chi connectivity index (χ1) is 4.83. The van der Waals surface area contributed by atoms with Crippen LogP contribution in [0.4, 0.5) is 0 Å². The normalized spacial score (nSPS) is 12.4. The first kappa shape index (κ1) is 7.26. The quantitative estimate of drug-likeness (QED) is 0.648. The highest BCUT2D eigenvalue weighted by Gasteiger charge is 2.01. The van der Waals surface area contributed by atoms with Crippen molar-refractivity contribution in [3.05, 3.63) is 22.4 Å². The topological polar surface area (TPSA) is 44.0 Å². The highest BCUT2D eigenvalue weighted by molar-refractivity contribution is 7.07. The maximum absolute atomic E-state index is 8.87. The summed E-state index contributed by atoms with van der Waals surface area (Å²) in [6.45, 7) is 0. The van der Waals surface area contributed by atoms with Gasteiger partial charge in [-0.1, -0.05) is 0 Å². The molecule has 0 saturated heterocycles. The van der Waals surface area contributed by atoms with Crippen molar-refractivity contribution in [2.75, 3.05) is 0 Å². The van der Waals surface area contributed by atoms with Gasteiger partial charge in [-0.05, 0) is 22.4 Å². The molecule has 1 aromatic heterocycles. The minimum Gasteiger partial charge on any atom is -0.378 e. The molecule has 0 bridgehead atoms. The minimum absolute atomic E-state index is 0.444. The second-order valence-electron chi connectivity index (χ2n) is 1.98. The van der Waals surface area contributed by atoms with Crippen molar-refractivity contribution >= 4 is 11.3 Å². The molecule has 0 aromatic carbocycles. The van der Waals surface area contributed by atoms with Gasteiger partial charge in [0.2, 0.25) is 0 Å². The maximum Gasteiger partial charge on any atom is 0.144 e. The largest absolute Gasteiger partial charge is 0.378 e. The Kier molecular flexibility index (Phi) is 2.43. The second kappa shape index (κ2) is 3.35. The highest BCUT2D eigenvalue weighted by Crippen LogP contribution is 2.07. The lowest BCUT2D eigenvalue weighted by atomic mass is 10.2. The van der Waals surface area contributed by atoms with Crippen molar-refractivity contribution in [3.8, 4) is 6.07 Å². The molecule has 52 valence electrons. The van der Waals surface area contributed by atoms with E-state index >= 15 is 0 Å². The summed E-state index contributed by atoms with van der Waals surface area (Å²) in [5.41, 5.74) is 1.03. The summed E-state index contributed by atoms with van der Waals surface area (Å²) >= 11 is 1.57. The minimum atomic E-state index is -0.852. The standard InChI is InChI=1S/C7H7NOS/c8-4-7(9)3-6-1-2-10-5-6/h1-2,5,7,9H,3H2/t7-/m1/s1. The molecule has 2 nitrogen and oxygen atoms in total. The number of aliphatic hydroxyl groups excluding tert-OH is 1. The summed E-state index contributed by atoms with van der Waals surface area (Å²) in [6.07, 6.45) is -0.408. The molecule has 1 atom stereocenters. The third kappa shape index (κ3) is 1.83. The molecule has 10 heavy (non-hydrogen) atoms. The van der Waals surface area contributed by atoms with Crippen LogP contribution in [0.2, 0.25) is 0 Å². The lowest BCUT2D eigenvalue weighted by Crippen LogP contribution is -2.05. The molecule has 1 rings (SSSR count). The molecule has 0 spiro atoms. The third-order valence-corrected chi connectivity index (χ3v) is 1.89. The highest BCUT2D eigenvalue weighted by atomic mass is 32.1. The molecule has 3 heteroatoms. The molecule has 0 amide bonds. The molecule has 0 fully saturated rings. The Morgan fingerprint density at radius 1 is 1.80 bits per heavy atom. The number of thiophene rings is 1. The van der Waals surface area contributed by atoms with Crippen molar-refractivity contribution in [1.29, 1.82) is 5.26 Å². The van der Waals surface area contributed by atoms with Gasteiger partial charge >= 0.3 is 0 Å². The fourth-order valence-corrected chi connectivity index (χ4v) is 1.36. The van der Waals surface area contributed by atoms with E-state index in [1.165, 1.54) is 0 Å².